The Morgan fingerprint density at radius 2 is 1.79 bits per heavy atom. The molecule has 8 heteroatoms. The molecule has 0 bridgehead atoms. The van der Waals surface area contributed by atoms with Crippen LogP contribution in [-0.4, -0.2) is 71.3 Å². The molecule has 4 aliphatic heterocycles. The molecule has 2 amide bonds. The van der Waals surface area contributed by atoms with Crippen molar-refractivity contribution in [3.8, 4) is 0 Å². The van der Waals surface area contributed by atoms with Crippen LogP contribution in [0.5, 0.6) is 0 Å². The lowest BCUT2D eigenvalue weighted by molar-refractivity contribution is -0.158. The van der Waals surface area contributed by atoms with Crippen LogP contribution in [0.15, 0.2) is 42.5 Å². The van der Waals surface area contributed by atoms with Crippen molar-refractivity contribution in [2.24, 2.45) is 11.8 Å². The third-order valence-electron chi connectivity index (χ3n) is 8.71. The van der Waals surface area contributed by atoms with Crippen molar-refractivity contribution >= 4 is 23.5 Å². The maximum Gasteiger partial charge on any atom is 0.313 e. The molecule has 1 N–H and O–H groups in total. The fourth-order valence-electron chi connectivity index (χ4n) is 6.85. The molecule has 2 fully saturated rings. The number of carbonyl (C=O) groups excluding carboxylic acids is 3. The fraction of sp³-hybridized carbons (Fsp3) is 0.581. The number of unbranched alkanes of at least 4 members (excludes halogenated alkanes) is 3. The van der Waals surface area contributed by atoms with Crippen molar-refractivity contribution in [1.82, 2.24) is 4.90 Å². The van der Waals surface area contributed by atoms with E-state index in [2.05, 4.69) is 0 Å². The number of hydrogen-bond donors (Lipinski definition) is 1. The zero-order valence-electron chi connectivity index (χ0n) is 23.2. The molecule has 1 unspecified atom stereocenters. The summed E-state index contributed by atoms with van der Waals surface area (Å²) in [4.78, 5) is 45.7. The number of nitrogens with zero attached hydrogens (tertiary/aromatic N) is 2. The van der Waals surface area contributed by atoms with E-state index in [1.807, 2.05) is 63.3 Å². The van der Waals surface area contributed by atoms with Crippen LogP contribution in [0.4, 0.5) is 5.69 Å². The maximum absolute atomic E-state index is 14.5. The zero-order valence-corrected chi connectivity index (χ0v) is 23.2. The van der Waals surface area contributed by atoms with Gasteiger partial charge in [-0.05, 0) is 63.6 Å². The van der Waals surface area contributed by atoms with Crippen molar-refractivity contribution in [1.29, 1.82) is 0 Å². The van der Waals surface area contributed by atoms with E-state index >= 15 is 0 Å². The predicted molar refractivity (Wildman–Crippen MR) is 147 cm³/mol. The summed E-state index contributed by atoms with van der Waals surface area (Å²) in [6.45, 7) is 6.96. The number of aliphatic hydroxyl groups excluding tert-OH is 1. The summed E-state index contributed by atoms with van der Waals surface area (Å²) in [5.74, 6) is -2.60. The standard InChI is InChI=1S/C31H40N2O6/c1-21-12-13-22(2)23(20-21)32-17-11-15-31-24(25-29(37)38-19-10-6-7-14-30(25,3)39-31)27(35)33(26(31)28(32)36)16-8-4-5-9-18-34/h7,11-15,20,24-26,34H,4-6,8-10,16-19H2,1-3H3/b14-7-/t24-,25+,26?,30-,31-/m0/s1. The maximum atomic E-state index is 14.5. The number of aliphatic hydroxyl groups is 1. The number of likely N-dealkylation sites (tertiary alicyclic amines) is 1. The number of carbonyl (C=O) groups is 3. The number of esters is 1. The highest BCUT2D eigenvalue weighted by Crippen LogP contribution is 2.57. The molecule has 1 aromatic rings. The van der Waals surface area contributed by atoms with Gasteiger partial charge in [-0.1, -0.05) is 49.3 Å². The van der Waals surface area contributed by atoms with Crippen molar-refractivity contribution in [2.45, 2.75) is 76.5 Å². The van der Waals surface area contributed by atoms with E-state index in [9.17, 15) is 14.4 Å². The minimum atomic E-state index is -1.28. The summed E-state index contributed by atoms with van der Waals surface area (Å²) >= 11 is 0. The van der Waals surface area contributed by atoms with E-state index in [1.165, 1.54) is 0 Å². The Morgan fingerprint density at radius 1 is 1.00 bits per heavy atom. The van der Waals surface area contributed by atoms with E-state index in [0.717, 1.165) is 36.1 Å². The number of anilines is 1. The molecule has 210 valence electrons. The first kappa shape index (κ1) is 27.6. The molecular formula is C31H40N2O6. The largest absolute Gasteiger partial charge is 0.465 e. The van der Waals surface area contributed by atoms with Gasteiger partial charge >= 0.3 is 5.97 Å². The summed E-state index contributed by atoms with van der Waals surface area (Å²) in [5, 5.41) is 9.16. The summed E-state index contributed by atoms with van der Waals surface area (Å²) in [6, 6.07) is 5.12. The van der Waals surface area contributed by atoms with Gasteiger partial charge in [-0.25, -0.2) is 0 Å². The fourth-order valence-corrected chi connectivity index (χ4v) is 6.85. The second-order valence-electron chi connectivity index (χ2n) is 11.5. The second-order valence-corrected chi connectivity index (χ2v) is 11.5. The summed E-state index contributed by atoms with van der Waals surface area (Å²) in [5.41, 5.74) is 0.462. The van der Waals surface area contributed by atoms with Gasteiger partial charge in [0.05, 0.1) is 18.1 Å². The van der Waals surface area contributed by atoms with Gasteiger partial charge in [-0.15, -0.1) is 0 Å². The third-order valence-corrected chi connectivity index (χ3v) is 8.71. The zero-order chi connectivity index (χ0) is 27.8. The summed E-state index contributed by atoms with van der Waals surface area (Å²) in [6.07, 6.45) is 12.2. The van der Waals surface area contributed by atoms with Crippen molar-refractivity contribution in [3.63, 3.8) is 0 Å². The molecule has 1 spiro atoms. The number of rotatable bonds is 7. The monoisotopic (exact) mass is 536 g/mol. The Kier molecular flexibility index (Phi) is 7.71. The van der Waals surface area contributed by atoms with Crippen LogP contribution in [0.3, 0.4) is 0 Å². The molecule has 5 rings (SSSR count). The Balaban J connectivity index is 1.59. The lowest BCUT2D eigenvalue weighted by Gasteiger charge is -2.37. The molecule has 0 radical (unpaired) electrons. The van der Waals surface area contributed by atoms with Gasteiger partial charge in [0.1, 0.15) is 17.6 Å². The highest BCUT2D eigenvalue weighted by molar-refractivity contribution is 6.06. The Hall–Kier alpha value is -2.97. The number of allylic oxidation sites excluding steroid dienone is 1. The highest BCUT2D eigenvalue weighted by Gasteiger charge is 2.74. The first-order valence-corrected chi connectivity index (χ1v) is 14.3. The number of aryl methyl sites for hydroxylation is 2. The predicted octanol–water partition coefficient (Wildman–Crippen LogP) is 3.62. The topological polar surface area (TPSA) is 96.4 Å². The average Bonchev–Trinajstić information content (AvgIpc) is 3.24. The molecule has 4 heterocycles. The third kappa shape index (κ3) is 4.72. The summed E-state index contributed by atoms with van der Waals surface area (Å²) in [7, 11) is 0. The van der Waals surface area contributed by atoms with Gasteiger partial charge in [-0.3, -0.25) is 14.4 Å². The van der Waals surface area contributed by atoms with Crippen LogP contribution in [0, 0.1) is 25.7 Å². The normalized spacial score (nSPS) is 33.0. The van der Waals surface area contributed by atoms with Crippen LogP contribution in [0.2, 0.25) is 0 Å². The molecule has 39 heavy (non-hydrogen) atoms. The second kappa shape index (κ2) is 10.9. The lowest BCUT2D eigenvalue weighted by Crippen LogP contribution is -2.56. The molecule has 0 aromatic heterocycles. The number of ether oxygens (including phenoxy) is 2. The van der Waals surface area contributed by atoms with E-state index in [-0.39, 0.29) is 25.0 Å². The smallest absolute Gasteiger partial charge is 0.313 e. The van der Waals surface area contributed by atoms with Crippen LogP contribution in [-0.2, 0) is 23.9 Å². The quantitative estimate of drug-likeness (QED) is 0.325. The molecule has 8 nitrogen and oxygen atoms in total. The van der Waals surface area contributed by atoms with Crippen molar-refractivity contribution in [3.05, 3.63) is 53.6 Å². The van der Waals surface area contributed by atoms with Gasteiger partial charge in [0.15, 0.2) is 0 Å². The van der Waals surface area contributed by atoms with E-state index < -0.39 is 35.0 Å². The molecule has 4 aliphatic rings. The molecular weight excluding hydrogens is 496 g/mol. The Labute approximate surface area is 230 Å². The van der Waals surface area contributed by atoms with Gasteiger partial charge < -0.3 is 24.4 Å². The Morgan fingerprint density at radius 3 is 2.59 bits per heavy atom. The lowest BCUT2D eigenvalue weighted by atomic mass is 9.74. The van der Waals surface area contributed by atoms with E-state index in [0.29, 0.717) is 32.4 Å². The molecule has 1 aromatic carbocycles. The number of cyclic esters (lactones) is 1. The SMILES string of the molecule is Cc1ccc(C)c(N2CC=C[C@]34O[C@@]5(C)/C=C\CCCOC(=O)[C@H]5[C@H]3C(=O)N(CCCCCCO)C4C2=O)c1. The van der Waals surface area contributed by atoms with Crippen LogP contribution >= 0.6 is 0 Å². The first-order valence-electron chi connectivity index (χ1n) is 14.3. The van der Waals surface area contributed by atoms with Gasteiger partial charge in [0, 0.05) is 25.4 Å². The van der Waals surface area contributed by atoms with Crippen molar-refractivity contribution in [2.75, 3.05) is 31.2 Å². The molecule has 2 saturated heterocycles. The molecule has 0 saturated carbocycles. The number of fused-ring (bicyclic) bond motifs is 2. The minimum absolute atomic E-state index is 0.133. The molecule has 5 atom stereocenters. The first-order chi connectivity index (χ1) is 18.7. The van der Waals surface area contributed by atoms with Gasteiger partial charge in [-0.2, -0.15) is 0 Å². The summed E-state index contributed by atoms with van der Waals surface area (Å²) < 4.78 is 12.5. The average molecular weight is 537 g/mol. The number of hydrogen-bond acceptors (Lipinski definition) is 6. The number of amides is 2. The van der Waals surface area contributed by atoms with Gasteiger partial charge in [0.25, 0.3) is 5.91 Å². The van der Waals surface area contributed by atoms with E-state index in [4.69, 9.17) is 14.6 Å². The van der Waals surface area contributed by atoms with Crippen LogP contribution < -0.4 is 4.90 Å². The molecule has 0 aliphatic carbocycles. The van der Waals surface area contributed by atoms with Crippen LogP contribution in [0.25, 0.3) is 0 Å². The highest BCUT2D eigenvalue weighted by atomic mass is 16.6. The van der Waals surface area contributed by atoms with Crippen molar-refractivity contribution < 1.29 is 29.0 Å². The van der Waals surface area contributed by atoms with Gasteiger partial charge in [0.2, 0.25) is 5.91 Å². The van der Waals surface area contributed by atoms with Crippen LogP contribution in [0.1, 0.15) is 56.6 Å². The number of benzene rings is 1. The Bertz CT molecular complexity index is 1190. The van der Waals surface area contributed by atoms with E-state index in [1.54, 1.807) is 9.80 Å². The minimum Gasteiger partial charge on any atom is -0.465 e.